The Kier molecular flexibility index (Phi) is 5.32. The van der Waals surface area contributed by atoms with Crippen molar-refractivity contribution in [2.45, 2.75) is 13.0 Å². The van der Waals surface area contributed by atoms with Crippen LogP contribution >= 0.6 is 15.9 Å². The molecule has 1 amide bonds. The lowest BCUT2D eigenvalue weighted by Crippen LogP contribution is -2.30. The lowest BCUT2D eigenvalue weighted by Gasteiger charge is -2.25. The second-order valence-corrected chi connectivity index (χ2v) is 9.24. The molecule has 7 nitrogen and oxygen atoms in total. The molecule has 8 heteroatoms. The van der Waals surface area contributed by atoms with Crippen molar-refractivity contribution in [3.8, 4) is 0 Å². The minimum Gasteiger partial charge on any atom is -0.503 e. The molecule has 1 atom stereocenters. The number of carbonyl (C=O) groups excluding carboxylic acids is 2. The first-order chi connectivity index (χ1) is 16.2. The van der Waals surface area contributed by atoms with Gasteiger partial charge in [0.15, 0.2) is 11.5 Å². The van der Waals surface area contributed by atoms with Crippen molar-refractivity contribution in [1.82, 2.24) is 0 Å². The fraction of sp³-hybridized carbons (Fsp3) is 0.154. The van der Waals surface area contributed by atoms with E-state index in [1.54, 1.807) is 43.3 Å². The van der Waals surface area contributed by atoms with Crippen molar-refractivity contribution in [3.05, 3.63) is 93.7 Å². The number of aryl methyl sites for hydroxylation is 1. The first-order valence-electron chi connectivity index (χ1n) is 10.6. The highest BCUT2D eigenvalue weighted by Gasteiger charge is 2.46. The number of anilines is 2. The third-order valence-corrected chi connectivity index (χ3v) is 6.32. The maximum atomic E-state index is 13.6. The van der Waals surface area contributed by atoms with Crippen LogP contribution in [0.25, 0.3) is 11.0 Å². The van der Waals surface area contributed by atoms with Gasteiger partial charge in [0.25, 0.3) is 5.91 Å². The van der Waals surface area contributed by atoms with Crippen LogP contribution in [-0.4, -0.2) is 30.9 Å². The maximum Gasteiger partial charge on any atom is 0.294 e. The first kappa shape index (κ1) is 22.0. The Bertz CT molecular complexity index is 1460. The third-order valence-electron chi connectivity index (χ3n) is 5.83. The SMILES string of the molecule is Cc1ccc(C2C(C(=O)c3cc4cc(Br)ccc4o3)=C(O)C(=O)N2c2ccc(N(C)C)cc2)o1. The van der Waals surface area contributed by atoms with E-state index in [4.69, 9.17) is 8.83 Å². The molecule has 34 heavy (non-hydrogen) atoms. The number of aliphatic hydroxyl groups excluding tert-OH is 1. The first-order valence-corrected chi connectivity index (χ1v) is 11.4. The molecule has 0 saturated carbocycles. The summed E-state index contributed by atoms with van der Waals surface area (Å²) < 4.78 is 12.4. The van der Waals surface area contributed by atoms with E-state index in [1.807, 2.05) is 43.3 Å². The van der Waals surface area contributed by atoms with E-state index in [1.165, 1.54) is 4.90 Å². The van der Waals surface area contributed by atoms with Crippen molar-refractivity contribution in [1.29, 1.82) is 0 Å². The number of aliphatic hydroxyl groups is 1. The summed E-state index contributed by atoms with van der Waals surface area (Å²) in [5.74, 6) is -0.864. The van der Waals surface area contributed by atoms with Gasteiger partial charge in [0.1, 0.15) is 23.1 Å². The Hall–Kier alpha value is -3.78. The van der Waals surface area contributed by atoms with Crippen molar-refractivity contribution in [2.24, 2.45) is 0 Å². The zero-order valence-electron chi connectivity index (χ0n) is 18.7. The average Bonchev–Trinajstić information content (AvgIpc) is 3.49. The van der Waals surface area contributed by atoms with Gasteiger partial charge in [0.05, 0.1) is 5.57 Å². The van der Waals surface area contributed by atoms with Crippen LogP contribution < -0.4 is 9.80 Å². The minimum absolute atomic E-state index is 0.0283. The number of rotatable bonds is 5. The molecular weight excluding hydrogens is 500 g/mol. The van der Waals surface area contributed by atoms with Crippen molar-refractivity contribution in [3.63, 3.8) is 0 Å². The average molecular weight is 521 g/mol. The predicted molar refractivity (Wildman–Crippen MR) is 132 cm³/mol. The molecule has 1 unspecified atom stereocenters. The number of ketones is 1. The van der Waals surface area contributed by atoms with E-state index in [2.05, 4.69) is 15.9 Å². The molecule has 2 aromatic heterocycles. The van der Waals surface area contributed by atoms with E-state index >= 15 is 0 Å². The molecule has 172 valence electrons. The Labute approximate surface area is 204 Å². The van der Waals surface area contributed by atoms with E-state index in [0.29, 0.717) is 22.8 Å². The Morgan fingerprint density at radius 2 is 1.76 bits per heavy atom. The number of Topliss-reactive ketones (excluding diaryl/α,β-unsaturated/α-hetero) is 1. The van der Waals surface area contributed by atoms with Crippen LogP contribution in [0.15, 0.2) is 85.3 Å². The third kappa shape index (κ3) is 3.60. The fourth-order valence-corrected chi connectivity index (χ4v) is 4.52. The van der Waals surface area contributed by atoms with Gasteiger partial charge in [-0.05, 0) is 67.6 Å². The largest absolute Gasteiger partial charge is 0.503 e. The van der Waals surface area contributed by atoms with Crippen LogP contribution in [0, 0.1) is 6.92 Å². The summed E-state index contributed by atoms with van der Waals surface area (Å²) in [5, 5.41) is 11.6. The van der Waals surface area contributed by atoms with E-state index in [0.717, 1.165) is 15.5 Å². The van der Waals surface area contributed by atoms with Gasteiger partial charge >= 0.3 is 0 Å². The number of benzene rings is 2. The molecule has 0 saturated heterocycles. The van der Waals surface area contributed by atoms with Crippen molar-refractivity contribution >= 4 is 50.0 Å². The molecule has 0 bridgehead atoms. The van der Waals surface area contributed by atoms with Gasteiger partial charge in [-0.2, -0.15) is 0 Å². The van der Waals surface area contributed by atoms with Crippen LogP contribution in [0.2, 0.25) is 0 Å². The summed E-state index contributed by atoms with van der Waals surface area (Å²) in [7, 11) is 3.83. The summed E-state index contributed by atoms with van der Waals surface area (Å²) in [5.41, 5.74) is 1.91. The zero-order chi connectivity index (χ0) is 24.1. The second kappa shape index (κ2) is 8.22. The molecular formula is C26H21BrN2O5. The summed E-state index contributed by atoms with van der Waals surface area (Å²) in [4.78, 5) is 30.2. The Morgan fingerprint density at radius 1 is 1.03 bits per heavy atom. The van der Waals surface area contributed by atoms with Crippen molar-refractivity contribution in [2.75, 3.05) is 23.9 Å². The highest BCUT2D eigenvalue weighted by Crippen LogP contribution is 2.43. The number of halogens is 1. The van der Waals surface area contributed by atoms with Gasteiger partial charge < -0.3 is 18.8 Å². The van der Waals surface area contributed by atoms with Gasteiger partial charge in [0, 0.05) is 35.3 Å². The topological polar surface area (TPSA) is 87.1 Å². The highest BCUT2D eigenvalue weighted by atomic mass is 79.9. The number of nitrogens with zero attached hydrogens (tertiary/aromatic N) is 2. The van der Waals surface area contributed by atoms with Crippen LogP contribution in [-0.2, 0) is 4.79 Å². The Balaban J connectivity index is 1.62. The summed E-state index contributed by atoms with van der Waals surface area (Å²) in [6.45, 7) is 1.78. The smallest absolute Gasteiger partial charge is 0.294 e. The summed E-state index contributed by atoms with van der Waals surface area (Å²) >= 11 is 3.41. The van der Waals surface area contributed by atoms with Crippen LogP contribution in [0.3, 0.4) is 0 Å². The van der Waals surface area contributed by atoms with Gasteiger partial charge in [0.2, 0.25) is 5.78 Å². The minimum atomic E-state index is -0.946. The normalized spacial score (nSPS) is 16.1. The number of fused-ring (bicyclic) bond motifs is 1. The number of carbonyl (C=O) groups is 2. The molecule has 0 fully saturated rings. The Morgan fingerprint density at radius 3 is 2.41 bits per heavy atom. The molecule has 2 aromatic carbocycles. The van der Waals surface area contributed by atoms with Crippen LogP contribution in [0.5, 0.6) is 0 Å². The number of hydrogen-bond donors (Lipinski definition) is 1. The number of hydrogen-bond acceptors (Lipinski definition) is 6. The van der Waals surface area contributed by atoms with E-state index in [-0.39, 0.29) is 11.3 Å². The predicted octanol–water partition coefficient (Wildman–Crippen LogP) is 5.95. The van der Waals surface area contributed by atoms with Gasteiger partial charge in [-0.15, -0.1) is 0 Å². The monoisotopic (exact) mass is 520 g/mol. The number of amides is 1. The molecule has 1 aliphatic rings. The van der Waals surface area contributed by atoms with Gasteiger partial charge in [-0.1, -0.05) is 15.9 Å². The fourth-order valence-electron chi connectivity index (χ4n) is 4.14. The summed E-state index contributed by atoms with van der Waals surface area (Å²) in [6.07, 6.45) is 0. The molecule has 4 aromatic rings. The maximum absolute atomic E-state index is 13.6. The lowest BCUT2D eigenvalue weighted by atomic mass is 9.99. The standard InChI is InChI=1S/C26H21BrN2O5/c1-14-4-10-20(33-14)23-22(24(30)21-13-15-12-16(27)5-11-19(15)34-21)25(31)26(32)29(23)18-8-6-17(7-9-18)28(2)3/h4-13,23,31H,1-3H3. The van der Waals surface area contributed by atoms with Crippen LogP contribution in [0.1, 0.15) is 28.1 Å². The van der Waals surface area contributed by atoms with E-state index in [9.17, 15) is 14.7 Å². The highest BCUT2D eigenvalue weighted by molar-refractivity contribution is 9.10. The molecule has 5 rings (SSSR count). The second-order valence-electron chi connectivity index (χ2n) is 8.32. The molecule has 0 spiro atoms. The molecule has 3 heterocycles. The number of furan rings is 2. The molecule has 1 N–H and O–H groups in total. The molecule has 0 radical (unpaired) electrons. The lowest BCUT2D eigenvalue weighted by molar-refractivity contribution is -0.117. The van der Waals surface area contributed by atoms with Gasteiger partial charge in [-0.25, -0.2) is 0 Å². The van der Waals surface area contributed by atoms with Crippen LogP contribution in [0.4, 0.5) is 11.4 Å². The summed E-state index contributed by atoms with van der Waals surface area (Å²) in [6, 6.07) is 16.8. The van der Waals surface area contributed by atoms with E-state index < -0.39 is 23.5 Å². The van der Waals surface area contributed by atoms with Crippen molar-refractivity contribution < 1.29 is 23.5 Å². The van der Waals surface area contributed by atoms with Gasteiger partial charge in [-0.3, -0.25) is 14.5 Å². The zero-order valence-corrected chi connectivity index (χ0v) is 20.3. The molecule has 0 aliphatic carbocycles. The quantitative estimate of drug-likeness (QED) is 0.327. The molecule has 1 aliphatic heterocycles.